The van der Waals surface area contributed by atoms with E-state index in [4.69, 9.17) is 16.3 Å². The number of hydrogen-bond donors (Lipinski definition) is 1. The number of hydrogen-bond acceptors (Lipinski definition) is 5. The molecule has 0 aromatic heterocycles. The molecule has 0 aliphatic carbocycles. The number of anilines is 1. The van der Waals surface area contributed by atoms with E-state index in [-0.39, 0.29) is 29.5 Å². The number of nitrogens with one attached hydrogen (secondary N) is 1. The van der Waals surface area contributed by atoms with Gasteiger partial charge < -0.3 is 15.0 Å². The Balaban J connectivity index is 1.83. The molecule has 0 spiro atoms. The highest BCUT2D eigenvalue weighted by molar-refractivity contribution is 7.92. The zero-order chi connectivity index (χ0) is 31.5. The van der Waals surface area contributed by atoms with Crippen LogP contribution in [0.2, 0.25) is 5.02 Å². The third-order valence-electron chi connectivity index (χ3n) is 6.96. The molecule has 8 nitrogen and oxygen atoms in total. The molecule has 0 bridgehead atoms. The molecule has 4 aromatic carbocycles. The molecule has 0 aliphatic heterocycles. The first kappa shape index (κ1) is 32.6. The van der Waals surface area contributed by atoms with Crippen molar-refractivity contribution >= 4 is 39.1 Å². The summed E-state index contributed by atoms with van der Waals surface area (Å²) in [6, 6.07) is 30.1. The highest BCUT2D eigenvalue weighted by Crippen LogP contribution is 2.33. The molecule has 4 aromatic rings. The van der Waals surface area contributed by atoms with Gasteiger partial charge in [-0.15, -0.1) is 0 Å². The molecular formula is C34H36ClN3O5S. The summed E-state index contributed by atoms with van der Waals surface area (Å²) in [5, 5.41) is 3.28. The predicted molar refractivity (Wildman–Crippen MR) is 173 cm³/mol. The second kappa shape index (κ2) is 15.4. The second-order valence-corrected chi connectivity index (χ2v) is 12.2. The molecule has 2 amide bonds. The van der Waals surface area contributed by atoms with Crippen LogP contribution in [-0.2, 0) is 32.6 Å². The van der Waals surface area contributed by atoms with Gasteiger partial charge in [0.15, 0.2) is 0 Å². The summed E-state index contributed by atoms with van der Waals surface area (Å²) in [5.41, 5.74) is 1.68. The van der Waals surface area contributed by atoms with E-state index in [1.54, 1.807) is 80.6 Å². The third-order valence-corrected chi connectivity index (χ3v) is 9.11. The first-order valence-corrected chi connectivity index (χ1v) is 16.2. The monoisotopic (exact) mass is 633 g/mol. The minimum Gasteiger partial charge on any atom is -0.492 e. The van der Waals surface area contributed by atoms with E-state index in [2.05, 4.69) is 5.32 Å². The molecular weight excluding hydrogens is 598 g/mol. The minimum atomic E-state index is -4.24. The van der Waals surface area contributed by atoms with Gasteiger partial charge in [-0.1, -0.05) is 90.5 Å². The van der Waals surface area contributed by atoms with Crippen LogP contribution in [0.5, 0.6) is 5.75 Å². The fourth-order valence-electron chi connectivity index (χ4n) is 4.83. The number of amides is 2. The number of rotatable bonds is 14. The number of carbonyl (C=O) groups is 2. The molecule has 4 rings (SSSR count). The molecule has 0 aliphatic rings. The van der Waals surface area contributed by atoms with E-state index < -0.39 is 28.5 Å². The second-order valence-electron chi connectivity index (χ2n) is 9.94. The van der Waals surface area contributed by atoms with E-state index in [0.29, 0.717) is 29.5 Å². The quantitative estimate of drug-likeness (QED) is 0.192. The standard InChI is InChI=1S/C34H36ClN3O5S/c1-3-36-34(40)31(23-26-15-7-5-8-16-26)37(24-27-17-11-12-20-29(27)35)33(39)25-38(30-21-13-14-22-32(30)43-4-2)44(41,42)28-18-9-6-10-19-28/h5-22,31H,3-4,23-25H2,1-2H3,(H,36,40)/t31-/m1/s1. The van der Waals surface area contributed by atoms with E-state index in [0.717, 1.165) is 9.87 Å². The molecule has 230 valence electrons. The number of nitrogens with zero attached hydrogens (tertiary/aromatic N) is 2. The number of sulfonamides is 1. The fraction of sp³-hybridized carbons (Fsp3) is 0.235. The van der Waals surface area contributed by atoms with Crippen molar-refractivity contribution < 1.29 is 22.7 Å². The van der Waals surface area contributed by atoms with Gasteiger partial charge in [0.1, 0.15) is 18.3 Å². The largest absolute Gasteiger partial charge is 0.492 e. The summed E-state index contributed by atoms with van der Waals surface area (Å²) in [6.45, 7) is 3.64. The fourth-order valence-corrected chi connectivity index (χ4v) is 6.47. The lowest BCUT2D eigenvalue weighted by Gasteiger charge is -2.34. The van der Waals surface area contributed by atoms with Gasteiger partial charge in [0.05, 0.1) is 17.2 Å². The number of carbonyl (C=O) groups excluding carboxylic acids is 2. The summed E-state index contributed by atoms with van der Waals surface area (Å²) < 4.78 is 35.1. The van der Waals surface area contributed by atoms with Crippen LogP contribution in [0.25, 0.3) is 0 Å². The van der Waals surface area contributed by atoms with Crippen LogP contribution < -0.4 is 14.4 Å². The van der Waals surface area contributed by atoms with Gasteiger partial charge in [0.25, 0.3) is 10.0 Å². The number of para-hydroxylation sites is 2. The lowest BCUT2D eigenvalue weighted by molar-refractivity contribution is -0.140. The molecule has 0 radical (unpaired) electrons. The number of likely N-dealkylation sites (N-methyl/N-ethyl adjacent to an activating group) is 1. The van der Waals surface area contributed by atoms with Crippen LogP contribution in [0.15, 0.2) is 114 Å². The number of benzene rings is 4. The average Bonchev–Trinajstić information content (AvgIpc) is 3.04. The van der Waals surface area contributed by atoms with Gasteiger partial charge in [0, 0.05) is 24.5 Å². The van der Waals surface area contributed by atoms with Gasteiger partial charge >= 0.3 is 0 Å². The van der Waals surface area contributed by atoms with Crippen LogP contribution in [0.4, 0.5) is 5.69 Å². The molecule has 0 heterocycles. The summed E-state index contributed by atoms with van der Waals surface area (Å²) >= 11 is 6.53. The Hall–Kier alpha value is -4.34. The molecule has 1 atom stereocenters. The van der Waals surface area contributed by atoms with E-state index in [9.17, 15) is 18.0 Å². The van der Waals surface area contributed by atoms with Crippen LogP contribution in [0.1, 0.15) is 25.0 Å². The maximum Gasteiger partial charge on any atom is 0.264 e. The highest BCUT2D eigenvalue weighted by atomic mass is 35.5. The predicted octanol–water partition coefficient (Wildman–Crippen LogP) is 5.71. The van der Waals surface area contributed by atoms with Gasteiger partial charge in [-0.05, 0) is 55.3 Å². The van der Waals surface area contributed by atoms with Crippen molar-refractivity contribution in [3.8, 4) is 5.75 Å². The first-order chi connectivity index (χ1) is 21.3. The number of halogens is 1. The van der Waals surface area contributed by atoms with Gasteiger partial charge in [-0.3, -0.25) is 13.9 Å². The van der Waals surface area contributed by atoms with Crippen molar-refractivity contribution in [1.82, 2.24) is 10.2 Å². The van der Waals surface area contributed by atoms with Crippen LogP contribution in [0.3, 0.4) is 0 Å². The van der Waals surface area contributed by atoms with Gasteiger partial charge in [-0.2, -0.15) is 0 Å². The van der Waals surface area contributed by atoms with Crippen molar-refractivity contribution in [2.75, 3.05) is 24.0 Å². The zero-order valence-corrected chi connectivity index (χ0v) is 26.3. The number of ether oxygens (including phenoxy) is 1. The summed E-state index contributed by atoms with van der Waals surface area (Å²) in [4.78, 5) is 29.5. The average molecular weight is 634 g/mol. The smallest absolute Gasteiger partial charge is 0.264 e. The Kier molecular flexibility index (Phi) is 11.4. The van der Waals surface area contributed by atoms with E-state index in [1.165, 1.54) is 17.0 Å². The van der Waals surface area contributed by atoms with E-state index >= 15 is 0 Å². The summed E-state index contributed by atoms with van der Waals surface area (Å²) in [7, 11) is -4.24. The molecule has 0 unspecified atom stereocenters. The molecule has 10 heteroatoms. The van der Waals surface area contributed by atoms with Crippen molar-refractivity contribution in [3.05, 3.63) is 125 Å². The molecule has 44 heavy (non-hydrogen) atoms. The maximum atomic E-state index is 14.5. The summed E-state index contributed by atoms with van der Waals surface area (Å²) in [6.07, 6.45) is 0.212. The van der Waals surface area contributed by atoms with Crippen LogP contribution in [0, 0.1) is 0 Å². The van der Waals surface area contributed by atoms with E-state index in [1.807, 2.05) is 30.3 Å². The van der Waals surface area contributed by atoms with Crippen molar-refractivity contribution in [1.29, 1.82) is 0 Å². The van der Waals surface area contributed by atoms with Crippen molar-refractivity contribution in [2.45, 2.75) is 37.8 Å². The Labute approximate surface area is 264 Å². The topological polar surface area (TPSA) is 96.0 Å². The SMILES string of the molecule is CCNC(=O)[C@@H](Cc1ccccc1)N(Cc1ccccc1Cl)C(=O)CN(c1ccccc1OCC)S(=O)(=O)c1ccccc1. The third kappa shape index (κ3) is 7.98. The van der Waals surface area contributed by atoms with Gasteiger partial charge in [0.2, 0.25) is 11.8 Å². The Bertz CT molecular complexity index is 1650. The lowest BCUT2D eigenvalue weighted by atomic mass is 10.0. The molecule has 1 N–H and O–H groups in total. The molecule has 0 saturated heterocycles. The first-order valence-electron chi connectivity index (χ1n) is 14.4. The molecule has 0 saturated carbocycles. The minimum absolute atomic E-state index is 0.0144. The Morgan fingerprint density at radius 2 is 1.45 bits per heavy atom. The zero-order valence-electron chi connectivity index (χ0n) is 24.7. The normalized spacial score (nSPS) is 11.8. The van der Waals surface area contributed by atoms with Crippen LogP contribution >= 0.6 is 11.6 Å². The highest BCUT2D eigenvalue weighted by Gasteiger charge is 2.35. The lowest BCUT2D eigenvalue weighted by Crippen LogP contribution is -2.53. The van der Waals surface area contributed by atoms with Crippen molar-refractivity contribution in [3.63, 3.8) is 0 Å². The van der Waals surface area contributed by atoms with Crippen molar-refractivity contribution in [2.24, 2.45) is 0 Å². The Morgan fingerprint density at radius 3 is 2.11 bits per heavy atom. The van der Waals surface area contributed by atoms with Crippen LogP contribution in [-0.4, -0.2) is 50.9 Å². The summed E-state index contributed by atoms with van der Waals surface area (Å²) in [5.74, 6) is -0.628. The maximum absolute atomic E-state index is 14.5. The molecule has 0 fully saturated rings. The van der Waals surface area contributed by atoms with Gasteiger partial charge in [-0.25, -0.2) is 8.42 Å². The Morgan fingerprint density at radius 1 is 0.841 bits per heavy atom.